The van der Waals surface area contributed by atoms with E-state index in [9.17, 15) is 0 Å². The maximum absolute atomic E-state index is 8.93. The molecule has 57 heavy (non-hydrogen) atoms. The third kappa shape index (κ3) is 26.4. The molecule has 0 amide bonds. The van der Waals surface area contributed by atoms with Gasteiger partial charge in [-0.25, -0.2) is 0 Å². The summed E-state index contributed by atoms with van der Waals surface area (Å²) >= 11 is 0. The van der Waals surface area contributed by atoms with Gasteiger partial charge in [0.15, 0.2) is 0 Å². The summed E-state index contributed by atoms with van der Waals surface area (Å²) in [6, 6.07) is 34.8. The molecule has 18 nitrogen and oxygen atoms in total. The van der Waals surface area contributed by atoms with E-state index in [2.05, 4.69) is 29.9 Å². The van der Waals surface area contributed by atoms with Crippen LogP contribution >= 0.6 is 0 Å². The summed E-state index contributed by atoms with van der Waals surface area (Å²) < 4.78 is 0. The first-order valence-corrected chi connectivity index (χ1v) is 14.6. The fourth-order valence-electron chi connectivity index (χ4n) is 3.09. The molecule has 0 aliphatic carbocycles. The maximum Gasteiger partial charge on any atom is 3.00 e. The van der Waals surface area contributed by atoms with Crippen LogP contribution in [-0.2, 0) is 67.7 Å². The number of carbonyl (C=O) groups is 6. The summed E-state index contributed by atoms with van der Waals surface area (Å²) in [5.41, 5.74) is 5.49. The number of pyridine rings is 6. The molecule has 6 aromatic heterocycles. The number of hydrogen-bond donors (Lipinski definition) is 0. The van der Waals surface area contributed by atoms with E-state index in [0.29, 0.717) is 0 Å². The van der Waals surface area contributed by atoms with Crippen molar-refractivity contribution in [3.05, 3.63) is 146 Å². The Labute approximate surface area is 371 Å². The van der Waals surface area contributed by atoms with Crippen molar-refractivity contribution in [2.75, 3.05) is 0 Å². The number of rotatable bonds is 3. The van der Waals surface area contributed by atoms with Crippen molar-refractivity contribution >= 4 is 35.8 Å². The van der Waals surface area contributed by atoms with Crippen molar-refractivity contribution in [2.45, 2.75) is 0 Å². The van der Waals surface area contributed by atoms with E-state index in [4.69, 9.17) is 59.4 Å². The molecule has 0 bridgehead atoms. The van der Waals surface area contributed by atoms with E-state index in [1.165, 1.54) is 0 Å². The molecule has 6 aromatic rings. The smallest absolute Gasteiger partial charge is 0.543 e. The van der Waals surface area contributed by atoms with Crippen LogP contribution in [-0.4, -0.2) is 65.7 Å². The Morgan fingerprint density at radius 1 is 0.298 bits per heavy atom. The summed E-state index contributed by atoms with van der Waals surface area (Å²) in [5.74, 6) is -13.1. The van der Waals surface area contributed by atoms with Crippen LogP contribution < -0.4 is 60.2 Å². The Bertz CT molecular complexity index is 1650. The average Bonchev–Trinajstić information content (AvgIpc) is 3.21. The molecular formula is C36H24N6NaO12Ru2. The van der Waals surface area contributed by atoms with E-state index < -0.39 is 35.8 Å². The monoisotopic (exact) mass is 959 g/mol. The minimum atomic E-state index is -2.19. The molecule has 1 radical (unpaired) electrons. The number of aromatic nitrogens is 6. The Balaban J connectivity index is -0.000000627. The summed E-state index contributed by atoms with van der Waals surface area (Å²) in [7, 11) is 0. The topological polar surface area (TPSA) is 318 Å². The minimum Gasteiger partial charge on any atom is -0.543 e. The zero-order valence-electron chi connectivity index (χ0n) is 29.1. The van der Waals surface area contributed by atoms with Crippen molar-refractivity contribution < 1.29 is 128 Å². The predicted octanol–water partition coefficient (Wildman–Crippen LogP) is -7.11. The quantitative estimate of drug-likeness (QED) is 0.118. The number of aliphatic carboxylic acids is 6. The number of hydrogen-bond acceptors (Lipinski definition) is 18. The van der Waals surface area contributed by atoms with E-state index in [0.717, 1.165) is 34.2 Å². The maximum atomic E-state index is 8.93. The fourth-order valence-corrected chi connectivity index (χ4v) is 3.09. The Hall–Kier alpha value is -6.03. The van der Waals surface area contributed by atoms with Gasteiger partial charge < -0.3 is 59.4 Å². The Morgan fingerprint density at radius 2 is 0.421 bits per heavy atom. The van der Waals surface area contributed by atoms with E-state index in [1.54, 1.807) is 37.2 Å². The molecule has 0 saturated heterocycles. The van der Waals surface area contributed by atoms with Crippen LogP contribution in [0.1, 0.15) is 0 Å². The van der Waals surface area contributed by atoms with Gasteiger partial charge in [0, 0.05) is 37.2 Å². The molecule has 6 rings (SSSR count). The van der Waals surface area contributed by atoms with Crippen LogP contribution in [0.3, 0.4) is 0 Å². The second kappa shape index (κ2) is 33.3. The molecule has 0 aliphatic rings. The van der Waals surface area contributed by atoms with Crippen LogP contribution in [0.5, 0.6) is 0 Å². The van der Waals surface area contributed by atoms with Crippen LogP contribution in [0.2, 0.25) is 0 Å². The molecule has 0 N–H and O–H groups in total. The van der Waals surface area contributed by atoms with Gasteiger partial charge >= 0.3 is 68.5 Å². The summed E-state index contributed by atoms with van der Waals surface area (Å²) in [4.78, 5) is 78.7. The van der Waals surface area contributed by atoms with Crippen LogP contribution in [0.4, 0.5) is 0 Å². The summed E-state index contributed by atoms with van der Waals surface area (Å²) in [5, 5.41) is 53.6. The van der Waals surface area contributed by atoms with Crippen molar-refractivity contribution in [3.8, 4) is 34.2 Å². The van der Waals surface area contributed by atoms with Crippen molar-refractivity contribution in [1.82, 2.24) is 29.9 Å². The van der Waals surface area contributed by atoms with Crippen LogP contribution in [0.25, 0.3) is 34.2 Å². The SMILES string of the molecule is O=C([O-])C(=O)[O-].O=C([O-])C(=O)[O-].O=C([O-])C(=O)[O-].[Na+].[Ru+2].[Ru+3].c1ccc(-c2ccccn2)nc1.c1ccc(-c2ccccn2)nc1.c1ccc(-c2ccccn2)nc1. The largest absolute Gasteiger partial charge is 3.00 e. The molecule has 0 aliphatic heterocycles. The Kier molecular flexibility index (Phi) is 32.3. The zero-order valence-corrected chi connectivity index (χ0v) is 34.6. The van der Waals surface area contributed by atoms with Gasteiger partial charge in [-0.3, -0.25) is 29.9 Å². The van der Waals surface area contributed by atoms with E-state index in [-0.39, 0.29) is 68.5 Å². The molecule has 0 unspecified atom stereocenters. The van der Waals surface area contributed by atoms with Crippen molar-refractivity contribution in [3.63, 3.8) is 0 Å². The number of carbonyl (C=O) groups excluding carboxylic acids is 6. The first kappa shape index (κ1) is 55.3. The average molecular weight is 958 g/mol. The normalized spacial score (nSPS) is 8.42. The predicted molar refractivity (Wildman–Crippen MR) is 172 cm³/mol. The Morgan fingerprint density at radius 3 is 0.491 bits per heavy atom. The molecule has 21 heteroatoms. The van der Waals surface area contributed by atoms with Gasteiger partial charge in [-0.05, 0) is 72.8 Å². The van der Waals surface area contributed by atoms with Crippen LogP contribution in [0, 0.1) is 0 Å². The van der Waals surface area contributed by atoms with Gasteiger partial charge in [0.25, 0.3) is 0 Å². The van der Waals surface area contributed by atoms with Crippen LogP contribution in [0.15, 0.2) is 146 Å². The second-order valence-electron chi connectivity index (χ2n) is 9.01. The first-order valence-electron chi connectivity index (χ1n) is 14.6. The second-order valence-corrected chi connectivity index (χ2v) is 9.01. The van der Waals surface area contributed by atoms with Gasteiger partial charge in [-0.1, -0.05) is 36.4 Å². The van der Waals surface area contributed by atoms with Crippen molar-refractivity contribution in [1.29, 1.82) is 0 Å². The molecule has 6 heterocycles. The molecule has 0 atom stereocenters. The summed E-state index contributed by atoms with van der Waals surface area (Å²) in [6.45, 7) is 0. The molecule has 0 aromatic carbocycles. The van der Waals surface area contributed by atoms with Gasteiger partial charge in [-0.15, -0.1) is 0 Å². The van der Waals surface area contributed by atoms with E-state index in [1.807, 2.05) is 109 Å². The number of carboxylic acids is 6. The third-order valence-electron chi connectivity index (χ3n) is 5.28. The van der Waals surface area contributed by atoms with Crippen molar-refractivity contribution in [2.24, 2.45) is 0 Å². The molecular weight excluding hydrogens is 934 g/mol. The number of nitrogens with zero attached hydrogens (tertiary/aromatic N) is 6. The van der Waals surface area contributed by atoms with Gasteiger partial charge in [0.2, 0.25) is 0 Å². The van der Waals surface area contributed by atoms with Gasteiger partial charge in [-0.2, -0.15) is 0 Å². The molecule has 0 fully saturated rings. The van der Waals surface area contributed by atoms with Gasteiger partial charge in [0.1, 0.15) is 0 Å². The zero-order chi connectivity index (χ0) is 40.1. The minimum absolute atomic E-state index is 0. The summed E-state index contributed by atoms with van der Waals surface area (Å²) in [6.07, 6.45) is 10.6. The molecule has 0 spiro atoms. The van der Waals surface area contributed by atoms with Gasteiger partial charge in [0.05, 0.1) is 70.0 Å². The standard InChI is InChI=1S/3C10H8N2.3C2H2O4.Na.2Ru/c3*1-3-7-11-9(5-1)10-6-2-4-8-12-10;3*3-1(4)2(5)6;;;/h3*1-8H;3*(H,3,4)(H,5,6);;;/q;;;;;;+1;+2;+3/p-6. The van der Waals surface area contributed by atoms with E-state index >= 15 is 0 Å². The fraction of sp³-hybridized carbons (Fsp3) is 0. The number of carboxylic acid groups (broad SMARTS) is 6. The third-order valence-corrected chi connectivity index (χ3v) is 5.28. The molecule has 287 valence electrons. The molecule has 0 saturated carbocycles. The first-order chi connectivity index (χ1) is 25.8.